The number of hydrogen-bond acceptors (Lipinski definition) is 4. The molecule has 0 spiro atoms. The Hall–Kier alpha value is -0.900. The molecule has 0 heterocycles. The van der Waals surface area contributed by atoms with Crippen LogP contribution in [-0.4, -0.2) is 30.1 Å². The molecule has 1 unspecified atom stereocenters. The second-order valence-electron chi connectivity index (χ2n) is 2.86. The van der Waals surface area contributed by atoms with Gasteiger partial charge in [-0.05, 0) is 0 Å². The second-order valence-corrected chi connectivity index (χ2v) is 2.86. The molecule has 0 aromatic carbocycles. The topological polar surface area (TPSA) is 63.6 Å². The molecule has 0 fully saturated rings. The highest BCUT2D eigenvalue weighted by atomic mass is 16.5. The lowest BCUT2D eigenvalue weighted by molar-refractivity contribution is -0.152. The number of ether oxygens (including phenoxy) is 1. The Kier molecular flexibility index (Phi) is 4.51. The summed E-state index contributed by atoms with van der Waals surface area (Å²) in [5.41, 5.74) is 0. The minimum Gasteiger partial charge on any atom is -0.467 e. The standard InChI is InChI=1S/C8H14O4/c1-5(2)6(9)4-7(10)8(11)12-3/h5,7,10H,4H2,1-3H3. The van der Waals surface area contributed by atoms with E-state index in [4.69, 9.17) is 5.11 Å². The van der Waals surface area contributed by atoms with E-state index in [1.54, 1.807) is 13.8 Å². The fraction of sp³-hybridized carbons (Fsp3) is 0.750. The van der Waals surface area contributed by atoms with Gasteiger partial charge in [0, 0.05) is 12.3 Å². The van der Waals surface area contributed by atoms with Crippen molar-refractivity contribution in [3.8, 4) is 0 Å². The molecule has 0 saturated carbocycles. The van der Waals surface area contributed by atoms with E-state index in [9.17, 15) is 9.59 Å². The van der Waals surface area contributed by atoms with Crippen molar-refractivity contribution in [2.45, 2.75) is 26.4 Å². The van der Waals surface area contributed by atoms with Crippen molar-refractivity contribution in [2.24, 2.45) is 5.92 Å². The van der Waals surface area contributed by atoms with Crippen LogP contribution in [0.2, 0.25) is 0 Å². The Balaban J connectivity index is 3.92. The monoisotopic (exact) mass is 174 g/mol. The van der Waals surface area contributed by atoms with Gasteiger partial charge in [-0.15, -0.1) is 0 Å². The van der Waals surface area contributed by atoms with Crippen molar-refractivity contribution in [3.63, 3.8) is 0 Å². The van der Waals surface area contributed by atoms with Gasteiger partial charge in [0.2, 0.25) is 0 Å². The zero-order valence-corrected chi connectivity index (χ0v) is 7.53. The lowest BCUT2D eigenvalue weighted by atomic mass is 10.0. The van der Waals surface area contributed by atoms with Gasteiger partial charge in [0.25, 0.3) is 0 Å². The normalized spacial score (nSPS) is 12.8. The first-order valence-electron chi connectivity index (χ1n) is 3.77. The number of hydrogen-bond donors (Lipinski definition) is 1. The third-order valence-corrected chi connectivity index (χ3v) is 1.51. The highest BCUT2D eigenvalue weighted by Crippen LogP contribution is 2.03. The molecule has 12 heavy (non-hydrogen) atoms. The van der Waals surface area contributed by atoms with E-state index in [1.807, 2.05) is 0 Å². The maximum absolute atomic E-state index is 11.0. The number of aliphatic hydroxyl groups excluding tert-OH is 1. The summed E-state index contributed by atoms with van der Waals surface area (Å²) in [5, 5.41) is 9.04. The molecule has 0 aliphatic heterocycles. The van der Waals surface area contributed by atoms with E-state index in [-0.39, 0.29) is 18.1 Å². The molecule has 1 N–H and O–H groups in total. The molecular formula is C8H14O4. The predicted molar refractivity (Wildman–Crippen MR) is 42.5 cm³/mol. The van der Waals surface area contributed by atoms with Crippen molar-refractivity contribution >= 4 is 11.8 Å². The van der Waals surface area contributed by atoms with Crippen LogP contribution in [0.4, 0.5) is 0 Å². The van der Waals surface area contributed by atoms with Gasteiger partial charge >= 0.3 is 5.97 Å². The third kappa shape index (κ3) is 3.48. The molecule has 4 nitrogen and oxygen atoms in total. The molecule has 0 aromatic rings. The first-order chi connectivity index (χ1) is 5.49. The first-order valence-corrected chi connectivity index (χ1v) is 3.77. The Morgan fingerprint density at radius 1 is 1.42 bits per heavy atom. The Bertz CT molecular complexity index is 174. The van der Waals surface area contributed by atoms with Gasteiger partial charge in [-0.2, -0.15) is 0 Å². The van der Waals surface area contributed by atoms with E-state index in [2.05, 4.69) is 4.74 Å². The molecule has 0 aliphatic carbocycles. The van der Waals surface area contributed by atoms with Gasteiger partial charge in [0.05, 0.1) is 7.11 Å². The number of ketones is 1. The van der Waals surface area contributed by atoms with E-state index >= 15 is 0 Å². The van der Waals surface area contributed by atoms with Gasteiger partial charge in [-0.25, -0.2) is 4.79 Å². The third-order valence-electron chi connectivity index (χ3n) is 1.51. The predicted octanol–water partition coefficient (Wildman–Crippen LogP) is 0.135. The first kappa shape index (κ1) is 11.1. The minimum absolute atomic E-state index is 0.145. The smallest absolute Gasteiger partial charge is 0.335 e. The fourth-order valence-electron chi connectivity index (χ4n) is 0.646. The minimum atomic E-state index is -1.31. The van der Waals surface area contributed by atoms with Crippen LogP contribution in [0.1, 0.15) is 20.3 Å². The molecule has 0 aromatic heterocycles. The zero-order chi connectivity index (χ0) is 9.72. The van der Waals surface area contributed by atoms with Gasteiger partial charge in [0.15, 0.2) is 6.10 Å². The fourth-order valence-corrected chi connectivity index (χ4v) is 0.646. The number of Topliss-reactive ketones (excluding diaryl/α,β-unsaturated/α-hetero) is 1. The molecule has 0 aliphatic rings. The highest BCUT2D eigenvalue weighted by Gasteiger charge is 2.20. The summed E-state index contributed by atoms with van der Waals surface area (Å²) in [6.07, 6.45) is -1.48. The number of aliphatic hydroxyl groups is 1. The number of methoxy groups -OCH3 is 1. The molecule has 4 heteroatoms. The van der Waals surface area contributed by atoms with E-state index in [0.717, 1.165) is 0 Å². The van der Waals surface area contributed by atoms with Crippen LogP contribution in [0.25, 0.3) is 0 Å². The summed E-state index contributed by atoms with van der Waals surface area (Å²) < 4.78 is 4.25. The van der Waals surface area contributed by atoms with Crippen molar-refractivity contribution < 1.29 is 19.4 Å². The van der Waals surface area contributed by atoms with Crippen LogP contribution in [0.3, 0.4) is 0 Å². The second kappa shape index (κ2) is 4.87. The van der Waals surface area contributed by atoms with Crippen molar-refractivity contribution in [1.29, 1.82) is 0 Å². The lowest BCUT2D eigenvalue weighted by Gasteiger charge is -2.08. The van der Waals surface area contributed by atoms with Crippen LogP contribution in [-0.2, 0) is 14.3 Å². The summed E-state index contributed by atoms with van der Waals surface area (Å²) >= 11 is 0. The highest BCUT2D eigenvalue weighted by molar-refractivity contribution is 5.86. The molecule has 0 amide bonds. The summed E-state index contributed by atoms with van der Waals surface area (Å²) in [4.78, 5) is 21.7. The summed E-state index contributed by atoms with van der Waals surface area (Å²) in [6, 6.07) is 0. The maximum atomic E-state index is 11.0. The van der Waals surface area contributed by atoms with Crippen LogP contribution in [0.5, 0.6) is 0 Å². The van der Waals surface area contributed by atoms with Crippen molar-refractivity contribution in [1.82, 2.24) is 0 Å². The number of carbonyl (C=O) groups is 2. The largest absolute Gasteiger partial charge is 0.467 e. The molecule has 0 radical (unpaired) electrons. The van der Waals surface area contributed by atoms with E-state index < -0.39 is 12.1 Å². The molecule has 0 bridgehead atoms. The van der Waals surface area contributed by atoms with E-state index in [1.165, 1.54) is 7.11 Å². The lowest BCUT2D eigenvalue weighted by Crippen LogP contribution is -2.26. The summed E-state index contributed by atoms with van der Waals surface area (Å²) in [6.45, 7) is 3.43. The zero-order valence-electron chi connectivity index (χ0n) is 7.53. The average molecular weight is 174 g/mol. The molecule has 0 rings (SSSR count). The van der Waals surface area contributed by atoms with Crippen molar-refractivity contribution in [3.05, 3.63) is 0 Å². The maximum Gasteiger partial charge on any atom is 0.335 e. The van der Waals surface area contributed by atoms with Crippen LogP contribution >= 0.6 is 0 Å². The molecular weight excluding hydrogens is 160 g/mol. The Labute approximate surface area is 71.5 Å². The van der Waals surface area contributed by atoms with Gasteiger partial charge in [0.1, 0.15) is 5.78 Å². The number of rotatable bonds is 4. The Morgan fingerprint density at radius 2 is 1.92 bits per heavy atom. The quantitative estimate of drug-likeness (QED) is 0.615. The number of carbonyl (C=O) groups excluding carboxylic acids is 2. The summed E-state index contributed by atoms with van der Waals surface area (Å²) in [7, 11) is 1.17. The van der Waals surface area contributed by atoms with Gasteiger partial charge < -0.3 is 9.84 Å². The summed E-state index contributed by atoms with van der Waals surface area (Å²) in [5.74, 6) is -1.07. The average Bonchev–Trinajstić information content (AvgIpc) is 2.02. The molecule has 70 valence electrons. The van der Waals surface area contributed by atoms with Gasteiger partial charge in [-0.3, -0.25) is 4.79 Å². The SMILES string of the molecule is COC(=O)C(O)CC(=O)C(C)C. The van der Waals surface area contributed by atoms with Gasteiger partial charge in [-0.1, -0.05) is 13.8 Å². The molecule has 1 atom stereocenters. The van der Waals surface area contributed by atoms with E-state index in [0.29, 0.717) is 0 Å². The molecule has 0 saturated heterocycles. The Morgan fingerprint density at radius 3 is 2.25 bits per heavy atom. The van der Waals surface area contributed by atoms with Crippen LogP contribution < -0.4 is 0 Å². The van der Waals surface area contributed by atoms with Crippen molar-refractivity contribution in [2.75, 3.05) is 7.11 Å². The van der Waals surface area contributed by atoms with Crippen LogP contribution in [0.15, 0.2) is 0 Å². The van der Waals surface area contributed by atoms with Crippen LogP contribution in [0, 0.1) is 5.92 Å². The number of esters is 1.